The highest BCUT2D eigenvalue weighted by atomic mass is 32.2. The third-order valence-electron chi connectivity index (χ3n) is 4.08. The molecule has 0 amide bonds. The molecule has 2 heterocycles. The molecule has 1 saturated heterocycles. The van der Waals surface area contributed by atoms with Crippen molar-refractivity contribution in [2.75, 3.05) is 19.4 Å². The lowest BCUT2D eigenvalue weighted by Gasteiger charge is -2.37. The first-order valence-corrected chi connectivity index (χ1v) is 8.46. The van der Waals surface area contributed by atoms with Gasteiger partial charge in [0, 0.05) is 31.4 Å². The number of rotatable bonds is 3. The molecule has 2 fully saturated rings. The van der Waals surface area contributed by atoms with Crippen LogP contribution >= 0.6 is 0 Å². The summed E-state index contributed by atoms with van der Waals surface area (Å²) in [5.74, 6) is 0.342. The second kappa shape index (κ2) is 4.88. The van der Waals surface area contributed by atoms with Crippen LogP contribution in [0.15, 0.2) is 18.5 Å². The van der Waals surface area contributed by atoms with E-state index in [1.54, 1.807) is 10.5 Å². The standard InChI is InChI=1S/C12H19N3O3S/c1-19(16,17)15-7-8-18-12-10(3-4-11(12)15)9-14-6-2-5-13-14/h2,5-6,10-12H,3-4,7-9H2,1H3. The van der Waals surface area contributed by atoms with Gasteiger partial charge < -0.3 is 4.74 Å². The van der Waals surface area contributed by atoms with Gasteiger partial charge in [-0.25, -0.2) is 8.42 Å². The van der Waals surface area contributed by atoms with Gasteiger partial charge in [0.1, 0.15) is 0 Å². The van der Waals surface area contributed by atoms with E-state index < -0.39 is 10.0 Å². The number of hydrogen-bond donors (Lipinski definition) is 0. The largest absolute Gasteiger partial charge is 0.375 e. The molecule has 106 valence electrons. The summed E-state index contributed by atoms with van der Waals surface area (Å²) in [5, 5.41) is 4.21. The highest BCUT2D eigenvalue weighted by Crippen LogP contribution is 2.36. The van der Waals surface area contributed by atoms with Crippen molar-refractivity contribution in [1.29, 1.82) is 0 Å². The lowest BCUT2D eigenvalue weighted by molar-refractivity contribution is -0.0489. The average molecular weight is 285 g/mol. The Morgan fingerprint density at radius 3 is 2.95 bits per heavy atom. The quantitative estimate of drug-likeness (QED) is 0.802. The normalized spacial score (nSPS) is 32.4. The number of ether oxygens (including phenoxy) is 1. The van der Waals surface area contributed by atoms with Crippen LogP contribution in [0.2, 0.25) is 0 Å². The van der Waals surface area contributed by atoms with E-state index in [0.29, 0.717) is 19.1 Å². The lowest BCUT2D eigenvalue weighted by Crippen LogP contribution is -2.52. The summed E-state index contributed by atoms with van der Waals surface area (Å²) >= 11 is 0. The molecule has 7 heteroatoms. The second-order valence-electron chi connectivity index (χ2n) is 5.34. The van der Waals surface area contributed by atoms with Gasteiger partial charge in [-0.2, -0.15) is 9.40 Å². The smallest absolute Gasteiger partial charge is 0.211 e. The third-order valence-corrected chi connectivity index (χ3v) is 5.38. The van der Waals surface area contributed by atoms with Crippen LogP contribution in [0.4, 0.5) is 0 Å². The van der Waals surface area contributed by atoms with Crippen molar-refractivity contribution >= 4 is 10.0 Å². The monoisotopic (exact) mass is 285 g/mol. The van der Waals surface area contributed by atoms with E-state index >= 15 is 0 Å². The molecule has 2 aliphatic rings. The van der Waals surface area contributed by atoms with E-state index in [0.717, 1.165) is 19.4 Å². The summed E-state index contributed by atoms with van der Waals surface area (Å²) in [4.78, 5) is 0. The van der Waals surface area contributed by atoms with Crippen LogP contribution in [0.5, 0.6) is 0 Å². The van der Waals surface area contributed by atoms with Crippen LogP contribution < -0.4 is 0 Å². The maximum atomic E-state index is 11.8. The predicted molar refractivity (Wildman–Crippen MR) is 70.0 cm³/mol. The number of aromatic nitrogens is 2. The van der Waals surface area contributed by atoms with Crippen molar-refractivity contribution in [1.82, 2.24) is 14.1 Å². The van der Waals surface area contributed by atoms with Gasteiger partial charge in [0.15, 0.2) is 0 Å². The van der Waals surface area contributed by atoms with Crippen LogP contribution in [0.25, 0.3) is 0 Å². The van der Waals surface area contributed by atoms with Crippen molar-refractivity contribution in [2.45, 2.75) is 31.5 Å². The molecular weight excluding hydrogens is 266 g/mol. The zero-order valence-corrected chi connectivity index (χ0v) is 11.8. The van der Waals surface area contributed by atoms with Crippen LogP contribution in [0, 0.1) is 5.92 Å². The molecule has 0 aromatic carbocycles. The van der Waals surface area contributed by atoms with E-state index in [1.165, 1.54) is 6.26 Å². The number of sulfonamides is 1. The molecule has 3 unspecified atom stereocenters. The molecule has 0 radical (unpaired) electrons. The lowest BCUT2D eigenvalue weighted by atomic mass is 10.0. The van der Waals surface area contributed by atoms with Gasteiger partial charge >= 0.3 is 0 Å². The van der Waals surface area contributed by atoms with E-state index in [2.05, 4.69) is 5.10 Å². The Hall–Kier alpha value is -0.920. The number of hydrogen-bond acceptors (Lipinski definition) is 4. The molecule has 19 heavy (non-hydrogen) atoms. The fourth-order valence-electron chi connectivity index (χ4n) is 3.28. The van der Waals surface area contributed by atoms with Crippen molar-refractivity contribution in [2.24, 2.45) is 5.92 Å². The van der Waals surface area contributed by atoms with Crippen molar-refractivity contribution < 1.29 is 13.2 Å². The van der Waals surface area contributed by atoms with Crippen LogP contribution in [0.1, 0.15) is 12.8 Å². The predicted octanol–water partition coefficient (Wildman–Crippen LogP) is 0.322. The Balaban J connectivity index is 1.75. The van der Waals surface area contributed by atoms with E-state index in [4.69, 9.17) is 4.74 Å². The summed E-state index contributed by atoms with van der Waals surface area (Å²) in [6, 6.07) is 1.90. The first-order chi connectivity index (χ1) is 9.05. The number of nitrogens with zero attached hydrogens (tertiary/aromatic N) is 3. The van der Waals surface area contributed by atoms with Crippen molar-refractivity contribution in [3.05, 3.63) is 18.5 Å². The topological polar surface area (TPSA) is 64.4 Å². The zero-order valence-electron chi connectivity index (χ0n) is 11.0. The average Bonchev–Trinajstić information content (AvgIpc) is 2.98. The molecule has 3 atom stereocenters. The molecule has 6 nitrogen and oxygen atoms in total. The van der Waals surface area contributed by atoms with Gasteiger partial charge in [-0.1, -0.05) is 0 Å². The highest BCUT2D eigenvalue weighted by molar-refractivity contribution is 7.88. The summed E-state index contributed by atoms with van der Waals surface area (Å²) in [7, 11) is -3.13. The van der Waals surface area contributed by atoms with Gasteiger partial charge in [0.05, 0.1) is 25.0 Å². The fourth-order valence-corrected chi connectivity index (χ4v) is 4.41. The Morgan fingerprint density at radius 2 is 2.26 bits per heavy atom. The first kappa shape index (κ1) is 13.1. The molecule has 1 saturated carbocycles. The molecule has 0 bridgehead atoms. The maximum absolute atomic E-state index is 11.8. The SMILES string of the molecule is CS(=O)(=O)N1CCOC2C(Cn3cccn3)CCC21. The number of fused-ring (bicyclic) bond motifs is 1. The Morgan fingerprint density at radius 1 is 1.42 bits per heavy atom. The molecule has 0 spiro atoms. The van der Waals surface area contributed by atoms with Crippen LogP contribution in [-0.4, -0.2) is 54.1 Å². The molecule has 1 aliphatic carbocycles. The molecule has 1 aromatic rings. The van der Waals surface area contributed by atoms with Gasteiger partial charge in [-0.15, -0.1) is 0 Å². The minimum Gasteiger partial charge on any atom is -0.375 e. The second-order valence-corrected chi connectivity index (χ2v) is 7.28. The summed E-state index contributed by atoms with van der Waals surface area (Å²) < 4.78 is 33.0. The molecule has 1 aromatic heterocycles. The fraction of sp³-hybridized carbons (Fsp3) is 0.750. The van der Waals surface area contributed by atoms with Crippen LogP contribution in [0.3, 0.4) is 0 Å². The first-order valence-electron chi connectivity index (χ1n) is 6.61. The Labute approximate surface area is 113 Å². The Kier molecular flexibility index (Phi) is 3.36. The van der Waals surface area contributed by atoms with Gasteiger partial charge in [-0.3, -0.25) is 4.68 Å². The summed E-state index contributed by atoms with van der Waals surface area (Å²) in [6.45, 7) is 1.77. The zero-order chi connectivity index (χ0) is 13.5. The molecular formula is C12H19N3O3S. The summed E-state index contributed by atoms with van der Waals surface area (Å²) in [5.41, 5.74) is 0. The van der Waals surface area contributed by atoms with Crippen LogP contribution in [-0.2, 0) is 21.3 Å². The van der Waals surface area contributed by atoms with Gasteiger partial charge in [0.25, 0.3) is 0 Å². The third kappa shape index (κ3) is 2.54. The molecule has 3 rings (SSSR count). The number of morpholine rings is 1. The highest BCUT2D eigenvalue weighted by Gasteiger charge is 2.45. The minimum atomic E-state index is -3.13. The minimum absolute atomic E-state index is 0.00399. The van der Waals surface area contributed by atoms with E-state index in [1.807, 2.05) is 16.9 Å². The van der Waals surface area contributed by atoms with Gasteiger partial charge in [0.2, 0.25) is 10.0 Å². The summed E-state index contributed by atoms with van der Waals surface area (Å²) in [6.07, 6.45) is 6.86. The van der Waals surface area contributed by atoms with Crippen molar-refractivity contribution in [3.8, 4) is 0 Å². The van der Waals surface area contributed by atoms with Crippen molar-refractivity contribution in [3.63, 3.8) is 0 Å². The molecule has 0 N–H and O–H groups in total. The molecule has 1 aliphatic heterocycles. The Bertz CT molecular complexity index is 528. The van der Waals surface area contributed by atoms with E-state index in [-0.39, 0.29) is 12.1 Å². The van der Waals surface area contributed by atoms with Gasteiger partial charge in [-0.05, 0) is 18.9 Å². The maximum Gasteiger partial charge on any atom is 0.211 e. The van der Waals surface area contributed by atoms with E-state index in [9.17, 15) is 8.42 Å².